The number of carbonyl (C=O) groups is 2. The molecule has 0 radical (unpaired) electrons. The molecule has 8 heteroatoms. The first-order chi connectivity index (χ1) is 19.4. The number of hydrogen-bond donors (Lipinski definition) is 5. The Kier molecular flexibility index (Phi) is 7.84. The number of ether oxygens (including phenoxy) is 1. The van der Waals surface area contributed by atoms with Crippen LogP contribution in [-0.4, -0.2) is 72.4 Å². The summed E-state index contributed by atoms with van der Waals surface area (Å²) in [5, 5.41) is 56.3. The van der Waals surface area contributed by atoms with Gasteiger partial charge in [0.15, 0.2) is 5.78 Å². The molecule has 0 bridgehead atoms. The van der Waals surface area contributed by atoms with Gasteiger partial charge in [0.1, 0.15) is 11.7 Å². The maximum atomic E-state index is 13.5. The van der Waals surface area contributed by atoms with Gasteiger partial charge in [-0.15, -0.1) is 0 Å². The number of esters is 1. The predicted molar refractivity (Wildman–Crippen MR) is 156 cm³/mol. The molecule has 0 saturated heterocycles. The number of aliphatic hydroxyl groups is 5. The second kappa shape index (κ2) is 10.5. The summed E-state index contributed by atoms with van der Waals surface area (Å²) in [7, 11) is 0. The lowest BCUT2D eigenvalue weighted by molar-refractivity contribution is -0.177. The summed E-state index contributed by atoms with van der Waals surface area (Å²) in [6, 6.07) is 8.60. The van der Waals surface area contributed by atoms with E-state index in [2.05, 4.69) is 0 Å². The lowest BCUT2D eigenvalue weighted by atomic mass is 9.45. The topological polar surface area (TPSA) is 145 Å². The zero-order valence-corrected chi connectivity index (χ0v) is 25.5. The Morgan fingerprint density at radius 2 is 1.69 bits per heavy atom. The van der Waals surface area contributed by atoms with Crippen LogP contribution >= 0.6 is 0 Å². The fourth-order valence-electron chi connectivity index (χ4n) is 9.26. The third-order valence-corrected chi connectivity index (χ3v) is 11.8. The van der Waals surface area contributed by atoms with E-state index in [1.807, 2.05) is 13.8 Å². The van der Waals surface area contributed by atoms with Crippen molar-refractivity contribution < 1.29 is 39.9 Å². The number of benzene rings is 1. The van der Waals surface area contributed by atoms with Crippen LogP contribution in [-0.2, 0) is 9.53 Å². The van der Waals surface area contributed by atoms with Crippen LogP contribution in [0.4, 0.5) is 0 Å². The number of fused-ring (bicyclic) bond motifs is 5. The monoisotopic (exact) mass is 584 g/mol. The molecule has 1 aromatic carbocycles. The summed E-state index contributed by atoms with van der Waals surface area (Å²) in [4.78, 5) is 26.7. The van der Waals surface area contributed by atoms with Crippen molar-refractivity contribution >= 4 is 11.8 Å². The quantitative estimate of drug-likeness (QED) is 0.305. The first-order valence-electron chi connectivity index (χ1n) is 15.5. The molecule has 232 valence electrons. The average molecular weight is 585 g/mol. The molecule has 1 aromatic rings. The molecule has 10 atom stereocenters. The van der Waals surface area contributed by atoms with Gasteiger partial charge in [0, 0.05) is 11.3 Å². The van der Waals surface area contributed by atoms with Crippen molar-refractivity contribution in [2.75, 3.05) is 0 Å². The highest BCUT2D eigenvalue weighted by Crippen LogP contribution is 2.68. The standard InChI is InChI=1S/C34H48O8/c1-30(2,39)14-13-28(42-29(38)20-9-7-6-8-10-20)33(5,40)27-12-16-34(41)22-17-24(35)23-18-25(36)26(37)19-31(23,3)21(22)11-15-32(27,34)4/h6-10,17,21,23,25-28,36-37,39-41H,11-16,18-19H2,1-5H3/t21?,23-,25+,26+,27-,28-,31+,32+,33?,34+/m0/s1. The summed E-state index contributed by atoms with van der Waals surface area (Å²) in [6.45, 7) is 9.00. The molecule has 5 N–H and O–H groups in total. The Balaban J connectivity index is 1.48. The van der Waals surface area contributed by atoms with Crippen molar-refractivity contribution in [3.63, 3.8) is 0 Å². The van der Waals surface area contributed by atoms with Gasteiger partial charge in [-0.1, -0.05) is 32.0 Å². The molecule has 0 amide bonds. The third-order valence-electron chi connectivity index (χ3n) is 11.8. The molecule has 0 aliphatic heterocycles. The molecule has 2 unspecified atom stereocenters. The molecule has 4 aliphatic rings. The van der Waals surface area contributed by atoms with Gasteiger partial charge in [0.25, 0.3) is 0 Å². The minimum Gasteiger partial charge on any atom is -0.456 e. The Hall–Kier alpha value is -2.10. The molecule has 3 saturated carbocycles. The van der Waals surface area contributed by atoms with E-state index in [4.69, 9.17) is 4.74 Å². The van der Waals surface area contributed by atoms with Gasteiger partial charge in [-0.3, -0.25) is 4.79 Å². The second-order valence-electron chi connectivity index (χ2n) is 14.9. The molecule has 3 fully saturated rings. The largest absolute Gasteiger partial charge is 0.456 e. The van der Waals surface area contributed by atoms with Gasteiger partial charge in [0.05, 0.1) is 29.0 Å². The highest BCUT2D eigenvalue weighted by molar-refractivity contribution is 5.95. The fourth-order valence-corrected chi connectivity index (χ4v) is 9.26. The van der Waals surface area contributed by atoms with E-state index in [1.54, 1.807) is 57.2 Å². The molecule has 8 nitrogen and oxygen atoms in total. The Bertz CT molecular complexity index is 1230. The van der Waals surface area contributed by atoms with Crippen LogP contribution in [0.1, 0.15) is 96.3 Å². The third kappa shape index (κ3) is 4.97. The molecule has 42 heavy (non-hydrogen) atoms. The Morgan fingerprint density at radius 3 is 2.33 bits per heavy atom. The lowest BCUT2D eigenvalue weighted by Gasteiger charge is -2.60. The number of rotatable bonds is 7. The van der Waals surface area contributed by atoms with Crippen molar-refractivity contribution in [2.45, 2.75) is 121 Å². The number of ketones is 1. The minimum absolute atomic E-state index is 0.123. The van der Waals surface area contributed by atoms with E-state index in [1.165, 1.54) is 0 Å². The Labute approximate surface area is 248 Å². The molecular weight excluding hydrogens is 536 g/mol. The van der Waals surface area contributed by atoms with Crippen molar-refractivity contribution in [3.8, 4) is 0 Å². The zero-order chi connectivity index (χ0) is 30.9. The molecule has 4 aliphatic carbocycles. The molecule has 0 aromatic heterocycles. The molecular formula is C34H48O8. The molecule has 5 rings (SSSR count). The summed E-state index contributed by atoms with van der Waals surface area (Å²) < 4.78 is 6.00. The maximum absolute atomic E-state index is 13.5. The van der Waals surface area contributed by atoms with E-state index in [9.17, 15) is 35.1 Å². The normalized spacial score (nSPS) is 40.2. The van der Waals surface area contributed by atoms with Crippen LogP contribution < -0.4 is 0 Å². The van der Waals surface area contributed by atoms with E-state index < -0.39 is 63.8 Å². The van der Waals surface area contributed by atoms with Crippen molar-refractivity contribution in [1.29, 1.82) is 0 Å². The average Bonchev–Trinajstić information content (AvgIpc) is 3.20. The van der Waals surface area contributed by atoms with Crippen LogP contribution in [0.25, 0.3) is 0 Å². The smallest absolute Gasteiger partial charge is 0.338 e. The van der Waals surface area contributed by atoms with E-state index in [0.29, 0.717) is 43.2 Å². The number of aliphatic hydroxyl groups excluding tert-OH is 2. The van der Waals surface area contributed by atoms with Crippen LogP contribution in [0.15, 0.2) is 42.0 Å². The van der Waals surface area contributed by atoms with Crippen molar-refractivity contribution in [3.05, 3.63) is 47.5 Å². The summed E-state index contributed by atoms with van der Waals surface area (Å²) >= 11 is 0. The molecule has 0 spiro atoms. The van der Waals surface area contributed by atoms with E-state index in [0.717, 1.165) is 0 Å². The van der Waals surface area contributed by atoms with Gasteiger partial charge in [-0.05, 0) is 113 Å². The van der Waals surface area contributed by atoms with Crippen LogP contribution in [0.3, 0.4) is 0 Å². The number of hydrogen-bond acceptors (Lipinski definition) is 8. The number of allylic oxidation sites excluding steroid dienone is 1. The first kappa shape index (κ1) is 31.3. The van der Waals surface area contributed by atoms with Crippen LogP contribution in [0.2, 0.25) is 0 Å². The van der Waals surface area contributed by atoms with Crippen molar-refractivity contribution in [1.82, 2.24) is 0 Å². The van der Waals surface area contributed by atoms with Gasteiger partial charge >= 0.3 is 5.97 Å². The second-order valence-corrected chi connectivity index (χ2v) is 14.9. The van der Waals surface area contributed by atoms with E-state index in [-0.39, 0.29) is 31.0 Å². The summed E-state index contributed by atoms with van der Waals surface area (Å²) in [5.74, 6) is -1.70. The SMILES string of the molecule is CC(C)(O)CC[C@H](OC(=O)c1ccccc1)C(C)(O)[C@H]1CC[C@@]2(O)C3=CC(=O)[C@@H]4C[C@@H](O)[C@H](O)C[C@]4(C)C3CC[C@]12C. The molecule has 0 heterocycles. The zero-order valence-electron chi connectivity index (χ0n) is 25.5. The number of carbonyl (C=O) groups excluding carboxylic acids is 2. The highest BCUT2D eigenvalue weighted by Gasteiger charge is 2.69. The van der Waals surface area contributed by atoms with Crippen LogP contribution in [0.5, 0.6) is 0 Å². The maximum Gasteiger partial charge on any atom is 0.338 e. The van der Waals surface area contributed by atoms with Gasteiger partial charge in [-0.25, -0.2) is 4.79 Å². The predicted octanol–water partition coefficient (Wildman–Crippen LogP) is 3.72. The van der Waals surface area contributed by atoms with Gasteiger partial charge in [-0.2, -0.15) is 0 Å². The van der Waals surface area contributed by atoms with Gasteiger partial charge < -0.3 is 30.3 Å². The lowest BCUT2D eigenvalue weighted by Crippen LogP contribution is -2.63. The Morgan fingerprint density at radius 1 is 1.02 bits per heavy atom. The van der Waals surface area contributed by atoms with E-state index >= 15 is 0 Å². The fraction of sp³-hybridized carbons (Fsp3) is 0.706. The highest BCUT2D eigenvalue weighted by atomic mass is 16.6. The summed E-state index contributed by atoms with van der Waals surface area (Å²) in [5.41, 5.74) is -4.30. The van der Waals surface area contributed by atoms with Gasteiger partial charge in [0.2, 0.25) is 0 Å². The summed E-state index contributed by atoms with van der Waals surface area (Å²) in [6.07, 6.45) is 1.84. The first-order valence-corrected chi connectivity index (χ1v) is 15.5. The van der Waals surface area contributed by atoms with Crippen molar-refractivity contribution in [2.24, 2.45) is 28.6 Å². The van der Waals surface area contributed by atoms with Crippen LogP contribution in [0, 0.1) is 28.6 Å². The minimum atomic E-state index is -1.54.